The molecule has 1 rings (SSSR count). The van der Waals surface area contributed by atoms with E-state index < -0.39 is 0 Å². The third-order valence-corrected chi connectivity index (χ3v) is 2.89. The predicted molar refractivity (Wildman–Crippen MR) is 57.0 cm³/mol. The molecule has 1 heterocycles. The molecule has 0 aromatic rings. The highest BCUT2D eigenvalue weighted by atomic mass is 16.2. The zero-order valence-electron chi connectivity index (χ0n) is 9.20. The molecule has 0 aliphatic carbocycles. The number of carbonyl (C=O) groups is 1. The molecular weight excluding hydrogens is 178 g/mol. The van der Waals surface area contributed by atoms with Crippen molar-refractivity contribution in [3.8, 4) is 0 Å². The van der Waals surface area contributed by atoms with Crippen LogP contribution in [0.4, 0.5) is 0 Å². The fraction of sp³-hybridized carbons (Fsp3) is 0.900. The maximum atomic E-state index is 11.7. The first-order valence-corrected chi connectivity index (χ1v) is 5.45. The standard InChI is InChI=1S/C10H21N3O/c1-3-9(11)10(14)13-7-5-12(4-2)6-8-13/h9H,3-8,11H2,1-2H3/t9-/m0/s1. The number of nitrogens with zero attached hydrogens (tertiary/aromatic N) is 2. The summed E-state index contributed by atoms with van der Waals surface area (Å²) in [6, 6.07) is -0.303. The van der Waals surface area contributed by atoms with Crippen LogP contribution in [-0.4, -0.2) is 54.5 Å². The molecule has 14 heavy (non-hydrogen) atoms. The van der Waals surface area contributed by atoms with Crippen molar-refractivity contribution in [2.24, 2.45) is 5.73 Å². The second-order valence-corrected chi connectivity index (χ2v) is 3.77. The van der Waals surface area contributed by atoms with E-state index in [9.17, 15) is 4.79 Å². The fourth-order valence-electron chi connectivity index (χ4n) is 1.69. The van der Waals surface area contributed by atoms with Gasteiger partial charge in [0.1, 0.15) is 0 Å². The van der Waals surface area contributed by atoms with E-state index in [1.54, 1.807) is 0 Å². The van der Waals surface area contributed by atoms with E-state index in [1.165, 1.54) is 0 Å². The first-order valence-electron chi connectivity index (χ1n) is 5.45. The summed E-state index contributed by atoms with van der Waals surface area (Å²) in [5.41, 5.74) is 5.71. The lowest BCUT2D eigenvalue weighted by Crippen LogP contribution is -2.52. The van der Waals surface area contributed by atoms with Crippen molar-refractivity contribution in [2.75, 3.05) is 32.7 Å². The minimum Gasteiger partial charge on any atom is -0.339 e. The third-order valence-electron chi connectivity index (χ3n) is 2.89. The highest BCUT2D eigenvalue weighted by Gasteiger charge is 2.23. The van der Waals surface area contributed by atoms with Crippen LogP contribution in [0.15, 0.2) is 0 Å². The molecule has 0 radical (unpaired) electrons. The van der Waals surface area contributed by atoms with Crippen LogP contribution in [0, 0.1) is 0 Å². The Kier molecular flexibility index (Phi) is 4.35. The molecule has 0 bridgehead atoms. The Labute approximate surface area is 86.0 Å². The Morgan fingerprint density at radius 3 is 2.29 bits per heavy atom. The van der Waals surface area contributed by atoms with Crippen LogP contribution < -0.4 is 5.73 Å². The lowest BCUT2D eigenvalue weighted by atomic mass is 10.2. The molecule has 0 spiro atoms. The van der Waals surface area contributed by atoms with Gasteiger partial charge in [0.05, 0.1) is 6.04 Å². The fourth-order valence-corrected chi connectivity index (χ4v) is 1.69. The lowest BCUT2D eigenvalue weighted by molar-refractivity contribution is -0.134. The van der Waals surface area contributed by atoms with Crippen LogP contribution in [-0.2, 0) is 4.79 Å². The van der Waals surface area contributed by atoms with Gasteiger partial charge in [-0.15, -0.1) is 0 Å². The molecule has 0 aromatic carbocycles. The van der Waals surface area contributed by atoms with E-state index in [-0.39, 0.29) is 11.9 Å². The van der Waals surface area contributed by atoms with Gasteiger partial charge in [-0.25, -0.2) is 0 Å². The molecule has 82 valence electrons. The first kappa shape index (κ1) is 11.5. The van der Waals surface area contributed by atoms with Gasteiger partial charge in [-0.05, 0) is 13.0 Å². The van der Waals surface area contributed by atoms with Gasteiger partial charge in [0, 0.05) is 26.2 Å². The third kappa shape index (κ3) is 2.69. The summed E-state index contributed by atoms with van der Waals surface area (Å²) in [5, 5.41) is 0. The molecule has 2 N–H and O–H groups in total. The largest absolute Gasteiger partial charge is 0.339 e. The topological polar surface area (TPSA) is 49.6 Å². The van der Waals surface area contributed by atoms with Gasteiger partial charge >= 0.3 is 0 Å². The molecule has 0 unspecified atom stereocenters. The Morgan fingerprint density at radius 1 is 1.29 bits per heavy atom. The van der Waals surface area contributed by atoms with Gasteiger partial charge in [0.2, 0.25) is 5.91 Å². The van der Waals surface area contributed by atoms with E-state index in [4.69, 9.17) is 5.73 Å². The zero-order valence-corrected chi connectivity index (χ0v) is 9.20. The van der Waals surface area contributed by atoms with Crippen LogP contribution in [0.2, 0.25) is 0 Å². The second-order valence-electron chi connectivity index (χ2n) is 3.77. The number of carbonyl (C=O) groups excluding carboxylic acids is 1. The van der Waals surface area contributed by atoms with E-state index >= 15 is 0 Å². The maximum Gasteiger partial charge on any atom is 0.239 e. The lowest BCUT2D eigenvalue weighted by Gasteiger charge is -2.35. The molecule has 0 saturated carbocycles. The molecule has 1 saturated heterocycles. The molecule has 1 fully saturated rings. The summed E-state index contributed by atoms with van der Waals surface area (Å²) < 4.78 is 0. The monoisotopic (exact) mass is 199 g/mol. The minimum absolute atomic E-state index is 0.114. The second kappa shape index (κ2) is 5.32. The van der Waals surface area contributed by atoms with Gasteiger partial charge in [-0.3, -0.25) is 4.79 Å². The number of rotatable bonds is 3. The van der Waals surface area contributed by atoms with E-state index in [0.717, 1.165) is 39.1 Å². The molecule has 4 nitrogen and oxygen atoms in total. The van der Waals surface area contributed by atoms with Gasteiger partial charge < -0.3 is 15.5 Å². The number of nitrogens with two attached hydrogens (primary N) is 1. The Balaban J connectivity index is 2.37. The molecule has 1 atom stereocenters. The molecule has 1 aliphatic rings. The van der Waals surface area contributed by atoms with Gasteiger partial charge in [-0.1, -0.05) is 13.8 Å². The van der Waals surface area contributed by atoms with E-state index in [2.05, 4.69) is 11.8 Å². The highest BCUT2D eigenvalue weighted by Crippen LogP contribution is 2.04. The van der Waals surface area contributed by atoms with Crippen molar-refractivity contribution in [1.29, 1.82) is 0 Å². The summed E-state index contributed by atoms with van der Waals surface area (Å²) in [5.74, 6) is 0.114. The van der Waals surface area contributed by atoms with Gasteiger partial charge in [-0.2, -0.15) is 0 Å². The SMILES string of the molecule is CC[C@H](N)C(=O)N1CCN(CC)CC1. The minimum atomic E-state index is -0.303. The number of amides is 1. The van der Waals surface area contributed by atoms with Gasteiger partial charge in [0.25, 0.3) is 0 Å². The van der Waals surface area contributed by atoms with Crippen molar-refractivity contribution < 1.29 is 4.79 Å². The van der Waals surface area contributed by atoms with Crippen molar-refractivity contribution >= 4 is 5.91 Å². The summed E-state index contributed by atoms with van der Waals surface area (Å²) >= 11 is 0. The van der Waals surface area contributed by atoms with Crippen LogP contribution in [0.1, 0.15) is 20.3 Å². The van der Waals surface area contributed by atoms with Crippen LogP contribution in [0.5, 0.6) is 0 Å². The quantitative estimate of drug-likeness (QED) is 0.690. The zero-order chi connectivity index (χ0) is 10.6. The average Bonchev–Trinajstić information content (AvgIpc) is 2.27. The summed E-state index contributed by atoms with van der Waals surface area (Å²) in [6.45, 7) is 8.81. The van der Waals surface area contributed by atoms with Crippen LogP contribution in [0.3, 0.4) is 0 Å². The smallest absolute Gasteiger partial charge is 0.239 e. The number of hydrogen-bond donors (Lipinski definition) is 1. The van der Waals surface area contributed by atoms with Crippen molar-refractivity contribution in [3.05, 3.63) is 0 Å². The highest BCUT2D eigenvalue weighted by molar-refractivity contribution is 5.81. The maximum absolute atomic E-state index is 11.7. The van der Waals surface area contributed by atoms with Crippen LogP contribution in [0.25, 0.3) is 0 Å². The van der Waals surface area contributed by atoms with Gasteiger partial charge in [0.15, 0.2) is 0 Å². The normalized spacial score (nSPS) is 20.9. The Bertz CT molecular complexity index is 188. The molecule has 1 aliphatic heterocycles. The van der Waals surface area contributed by atoms with Crippen molar-refractivity contribution in [2.45, 2.75) is 26.3 Å². The molecule has 4 heteroatoms. The summed E-state index contributed by atoms with van der Waals surface area (Å²) in [7, 11) is 0. The molecule has 1 amide bonds. The van der Waals surface area contributed by atoms with Crippen molar-refractivity contribution in [3.63, 3.8) is 0 Å². The Hall–Kier alpha value is -0.610. The van der Waals surface area contributed by atoms with E-state index in [1.807, 2.05) is 11.8 Å². The number of piperazine rings is 1. The Morgan fingerprint density at radius 2 is 1.86 bits per heavy atom. The molecule has 0 aromatic heterocycles. The number of likely N-dealkylation sites (N-methyl/N-ethyl adjacent to an activating group) is 1. The summed E-state index contributed by atoms with van der Waals surface area (Å²) in [4.78, 5) is 15.9. The van der Waals surface area contributed by atoms with Crippen molar-refractivity contribution in [1.82, 2.24) is 9.80 Å². The molecular formula is C10H21N3O. The van der Waals surface area contributed by atoms with Crippen LogP contribution >= 0.6 is 0 Å². The average molecular weight is 199 g/mol. The summed E-state index contributed by atoms with van der Waals surface area (Å²) in [6.07, 6.45) is 0.729. The van der Waals surface area contributed by atoms with E-state index in [0.29, 0.717) is 0 Å². The first-order chi connectivity index (χ1) is 6.69. The number of hydrogen-bond acceptors (Lipinski definition) is 3. The predicted octanol–water partition coefficient (Wildman–Crippen LogP) is -0.112.